The van der Waals surface area contributed by atoms with Crippen LogP contribution in [0.4, 0.5) is 0 Å². The molecule has 0 atom stereocenters. The highest BCUT2D eigenvalue weighted by atomic mass is 79.9. The van der Waals surface area contributed by atoms with Gasteiger partial charge in [-0.1, -0.05) is 6.58 Å². The molecule has 0 heterocycles. The summed E-state index contributed by atoms with van der Waals surface area (Å²) in [5.41, 5.74) is 6.37. The molecular weight excluding hydrogens is 234 g/mol. The van der Waals surface area contributed by atoms with Crippen molar-refractivity contribution in [3.8, 4) is 0 Å². The molecule has 4 heteroatoms. The predicted octanol–water partition coefficient (Wildman–Crippen LogP) is 1.86. The molecular formula is C9H12BrNO2. The molecule has 2 N–H and O–H groups in total. The molecule has 0 spiro atoms. The van der Waals surface area contributed by atoms with Crippen molar-refractivity contribution in [2.75, 3.05) is 7.11 Å². The van der Waals surface area contributed by atoms with Gasteiger partial charge in [0.05, 0.1) is 12.7 Å². The normalized spacial score (nSPS) is 12.5. The third kappa shape index (κ3) is 3.94. The first-order valence-electron chi connectivity index (χ1n) is 3.56. The van der Waals surface area contributed by atoms with Crippen molar-refractivity contribution in [3.63, 3.8) is 0 Å². The summed E-state index contributed by atoms with van der Waals surface area (Å²) in [5, 5.41) is 0. The number of rotatable bonds is 3. The van der Waals surface area contributed by atoms with Gasteiger partial charge in [0.1, 0.15) is 0 Å². The van der Waals surface area contributed by atoms with Gasteiger partial charge in [0.25, 0.3) is 0 Å². The summed E-state index contributed by atoms with van der Waals surface area (Å²) in [4.78, 5) is 10.9. The van der Waals surface area contributed by atoms with Crippen LogP contribution in [0.1, 0.15) is 6.92 Å². The lowest BCUT2D eigenvalue weighted by Crippen LogP contribution is -2.01. The van der Waals surface area contributed by atoms with Crippen LogP contribution in [0.3, 0.4) is 0 Å². The van der Waals surface area contributed by atoms with Crippen LogP contribution in [-0.2, 0) is 9.53 Å². The Labute approximate surface area is 86.1 Å². The van der Waals surface area contributed by atoms with Gasteiger partial charge in [-0.05, 0) is 34.5 Å². The third-order valence-electron chi connectivity index (χ3n) is 1.36. The maximum absolute atomic E-state index is 10.9. The van der Waals surface area contributed by atoms with Crippen LogP contribution in [0.15, 0.2) is 34.5 Å². The van der Waals surface area contributed by atoms with Crippen molar-refractivity contribution in [3.05, 3.63) is 34.5 Å². The number of halogens is 1. The van der Waals surface area contributed by atoms with Gasteiger partial charge in [-0.25, -0.2) is 4.79 Å². The van der Waals surface area contributed by atoms with Gasteiger partial charge >= 0.3 is 5.97 Å². The predicted molar refractivity (Wildman–Crippen MR) is 56.1 cm³/mol. The summed E-state index contributed by atoms with van der Waals surface area (Å²) in [7, 11) is 1.31. The Balaban J connectivity index is 4.58. The second kappa shape index (κ2) is 5.59. The van der Waals surface area contributed by atoms with E-state index in [4.69, 9.17) is 5.73 Å². The molecule has 0 saturated carbocycles. The highest BCUT2D eigenvalue weighted by Gasteiger charge is 2.04. The molecule has 0 aliphatic heterocycles. The molecule has 0 unspecified atom stereocenters. The smallest absolute Gasteiger partial charge is 0.337 e. The van der Waals surface area contributed by atoms with Gasteiger partial charge in [-0.2, -0.15) is 0 Å². The fourth-order valence-electron chi connectivity index (χ4n) is 0.652. The first kappa shape index (κ1) is 12.0. The molecule has 0 aromatic heterocycles. The van der Waals surface area contributed by atoms with Crippen molar-refractivity contribution >= 4 is 21.9 Å². The van der Waals surface area contributed by atoms with Crippen LogP contribution >= 0.6 is 15.9 Å². The largest absolute Gasteiger partial charge is 0.465 e. The molecule has 0 aromatic rings. The lowest BCUT2D eigenvalue weighted by Gasteiger charge is -2.00. The number of allylic oxidation sites excluding steroid dienone is 2. The average Bonchev–Trinajstić information content (AvgIpc) is 2.14. The van der Waals surface area contributed by atoms with Gasteiger partial charge in [-0.15, -0.1) is 0 Å². The van der Waals surface area contributed by atoms with E-state index < -0.39 is 5.97 Å². The van der Waals surface area contributed by atoms with Crippen molar-refractivity contribution in [2.24, 2.45) is 5.73 Å². The molecule has 0 amide bonds. The van der Waals surface area contributed by atoms with Crippen molar-refractivity contribution < 1.29 is 9.53 Å². The zero-order valence-electron chi connectivity index (χ0n) is 7.63. The topological polar surface area (TPSA) is 52.3 Å². The highest BCUT2D eigenvalue weighted by molar-refractivity contribution is 9.11. The molecule has 0 aliphatic rings. The third-order valence-corrected chi connectivity index (χ3v) is 2.25. The molecule has 0 rings (SSSR count). The Kier molecular flexibility index (Phi) is 5.14. The van der Waals surface area contributed by atoms with Crippen LogP contribution in [-0.4, -0.2) is 13.1 Å². The van der Waals surface area contributed by atoms with E-state index in [1.807, 2.05) is 6.92 Å². The van der Waals surface area contributed by atoms with E-state index in [2.05, 4.69) is 27.2 Å². The standard InChI is InChI=1S/C9H12BrNO2/c1-6(8(10)5-11)4-7(2)9(12)13-3/h4-5H,2,11H2,1,3H3/b6-4-,8-5+. The number of hydrogen-bond donors (Lipinski definition) is 1. The minimum Gasteiger partial charge on any atom is -0.465 e. The summed E-state index contributed by atoms with van der Waals surface area (Å²) < 4.78 is 5.20. The summed E-state index contributed by atoms with van der Waals surface area (Å²) in [6.45, 7) is 5.35. The molecule has 0 bridgehead atoms. The molecule has 0 fully saturated rings. The first-order chi connectivity index (χ1) is 6.02. The quantitative estimate of drug-likeness (QED) is 0.469. The Morgan fingerprint density at radius 2 is 2.15 bits per heavy atom. The first-order valence-corrected chi connectivity index (χ1v) is 4.35. The fourth-order valence-corrected chi connectivity index (χ4v) is 0.766. The molecule has 0 aromatic carbocycles. The second-order valence-electron chi connectivity index (χ2n) is 2.36. The van der Waals surface area contributed by atoms with Crippen LogP contribution in [0, 0.1) is 0 Å². The number of hydrogen-bond acceptors (Lipinski definition) is 3. The van der Waals surface area contributed by atoms with Gasteiger partial charge in [0.2, 0.25) is 0 Å². The van der Waals surface area contributed by atoms with Crippen molar-refractivity contribution in [2.45, 2.75) is 6.92 Å². The number of methoxy groups -OCH3 is 1. The van der Waals surface area contributed by atoms with E-state index >= 15 is 0 Å². The monoisotopic (exact) mass is 245 g/mol. The average molecular weight is 246 g/mol. The van der Waals surface area contributed by atoms with Gasteiger partial charge in [-0.3, -0.25) is 0 Å². The maximum atomic E-state index is 10.9. The summed E-state index contributed by atoms with van der Waals surface area (Å²) in [6, 6.07) is 0. The molecule has 0 aliphatic carbocycles. The van der Waals surface area contributed by atoms with Crippen LogP contribution in [0.2, 0.25) is 0 Å². The van der Waals surface area contributed by atoms with E-state index in [9.17, 15) is 4.79 Å². The lowest BCUT2D eigenvalue weighted by molar-refractivity contribution is -0.135. The Hall–Kier alpha value is -1.03. The van der Waals surface area contributed by atoms with E-state index in [1.54, 1.807) is 6.08 Å². The summed E-state index contributed by atoms with van der Waals surface area (Å²) >= 11 is 3.22. The number of esters is 1. The summed E-state index contributed by atoms with van der Waals surface area (Å²) in [5.74, 6) is -0.448. The van der Waals surface area contributed by atoms with Crippen LogP contribution in [0.5, 0.6) is 0 Å². The minimum atomic E-state index is -0.448. The molecule has 72 valence electrons. The SMILES string of the molecule is C=C(/C=C(C)\C(Br)=C/N)C(=O)OC. The van der Waals surface area contributed by atoms with Crippen LogP contribution in [0.25, 0.3) is 0 Å². The van der Waals surface area contributed by atoms with Crippen molar-refractivity contribution in [1.29, 1.82) is 0 Å². The maximum Gasteiger partial charge on any atom is 0.337 e. The molecule has 13 heavy (non-hydrogen) atoms. The van der Waals surface area contributed by atoms with Gasteiger partial charge < -0.3 is 10.5 Å². The zero-order valence-corrected chi connectivity index (χ0v) is 9.22. The minimum absolute atomic E-state index is 0.291. The fraction of sp³-hybridized carbons (Fsp3) is 0.222. The Bertz CT molecular complexity index is 279. The number of nitrogens with two attached hydrogens (primary N) is 1. The number of carbonyl (C=O) groups excluding carboxylic acids is 1. The summed E-state index contributed by atoms with van der Waals surface area (Å²) in [6.07, 6.45) is 3.00. The van der Waals surface area contributed by atoms with E-state index in [0.717, 1.165) is 10.1 Å². The van der Waals surface area contributed by atoms with Crippen molar-refractivity contribution in [1.82, 2.24) is 0 Å². The molecule has 0 saturated heterocycles. The number of ether oxygens (including phenoxy) is 1. The van der Waals surface area contributed by atoms with E-state index in [-0.39, 0.29) is 0 Å². The highest BCUT2D eigenvalue weighted by Crippen LogP contribution is 2.16. The zero-order chi connectivity index (χ0) is 10.4. The van der Waals surface area contributed by atoms with E-state index in [1.165, 1.54) is 13.3 Å². The van der Waals surface area contributed by atoms with Gasteiger partial charge in [0, 0.05) is 10.7 Å². The number of carbonyl (C=O) groups is 1. The molecule has 0 radical (unpaired) electrons. The second-order valence-corrected chi connectivity index (χ2v) is 3.21. The Morgan fingerprint density at radius 1 is 1.62 bits per heavy atom. The lowest BCUT2D eigenvalue weighted by atomic mass is 10.2. The van der Waals surface area contributed by atoms with E-state index in [0.29, 0.717) is 5.57 Å². The molecule has 3 nitrogen and oxygen atoms in total. The Morgan fingerprint density at radius 3 is 2.54 bits per heavy atom. The van der Waals surface area contributed by atoms with Gasteiger partial charge in [0.15, 0.2) is 0 Å². The van der Waals surface area contributed by atoms with Crippen LogP contribution < -0.4 is 5.73 Å².